The molecule has 2 aromatic heterocycles. The third-order valence-electron chi connectivity index (χ3n) is 2.42. The van der Waals surface area contributed by atoms with Gasteiger partial charge in [0.2, 0.25) is 0 Å². The van der Waals surface area contributed by atoms with E-state index >= 15 is 0 Å². The summed E-state index contributed by atoms with van der Waals surface area (Å²) in [6.45, 7) is 4.14. The van der Waals surface area contributed by atoms with Crippen LogP contribution in [0.2, 0.25) is 0 Å². The zero-order chi connectivity index (χ0) is 11.5. The molecular formula is C11H15N3S2. The van der Waals surface area contributed by atoms with Gasteiger partial charge in [-0.2, -0.15) is 0 Å². The summed E-state index contributed by atoms with van der Waals surface area (Å²) < 4.78 is 0. The fraction of sp³-hybridized carbons (Fsp3) is 0.455. The van der Waals surface area contributed by atoms with Crippen LogP contribution >= 0.6 is 22.7 Å². The molecule has 5 heteroatoms. The minimum Gasteiger partial charge on any atom is -0.312 e. The van der Waals surface area contributed by atoms with Crippen molar-refractivity contribution in [3.8, 4) is 0 Å². The van der Waals surface area contributed by atoms with Gasteiger partial charge in [0.05, 0.1) is 22.1 Å². The molecule has 0 aliphatic carbocycles. The fourth-order valence-electron chi connectivity index (χ4n) is 1.37. The molecule has 0 bridgehead atoms. The van der Waals surface area contributed by atoms with Gasteiger partial charge in [-0.3, -0.25) is 0 Å². The largest absolute Gasteiger partial charge is 0.312 e. The standard InChI is InChI=1S/C11H15N3S2/c1-7-5-15-10(13-7)4-11-14-9(6-16-11)8(2)12-3/h5-6,8,12H,4H2,1-3H3. The quantitative estimate of drug-likeness (QED) is 0.910. The Balaban J connectivity index is 2.08. The molecule has 86 valence electrons. The SMILES string of the molecule is CNC(C)c1csc(Cc2nc(C)cs2)n1. The van der Waals surface area contributed by atoms with Gasteiger partial charge < -0.3 is 5.32 Å². The predicted molar refractivity (Wildman–Crippen MR) is 69.2 cm³/mol. The number of rotatable bonds is 4. The zero-order valence-corrected chi connectivity index (χ0v) is 11.3. The van der Waals surface area contributed by atoms with Crippen molar-refractivity contribution in [2.24, 2.45) is 0 Å². The zero-order valence-electron chi connectivity index (χ0n) is 9.65. The molecule has 1 atom stereocenters. The average molecular weight is 253 g/mol. The lowest BCUT2D eigenvalue weighted by Gasteiger charge is -2.04. The molecular weight excluding hydrogens is 238 g/mol. The maximum absolute atomic E-state index is 4.61. The van der Waals surface area contributed by atoms with Gasteiger partial charge in [0.1, 0.15) is 0 Å². The molecule has 0 saturated heterocycles. The smallest absolute Gasteiger partial charge is 0.0997 e. The van der Waals surface area contributed by atoms with Gasteiger partial charge in [0.15, 0.2) is 0 Å². The number of nitrogens with one attached hydrogen (secondary N) is 1. The third kappa shape index (κ3) is 2.66. The number of thiazole rings is 2. The molecule has 3 nitrogen and oxygen atoms in total. The molecule has 0 radical (unpaired) electrons. The molecule has 0 aliphatic rings. The van der Waals surface area contributed by atoms with E-state index in [1.807, 2.05) is 14.0 Å². The Hall–Kier alpha value is -0.780. The Morgan fingerprint density at radius 3 is 2.56 bits per heavy atom. The van der Waals surface area contributed by atoms with Gasteiger partial charge in [0, 0.05) is 22.5 Å². The lowest BCUT2D eigenvalue weighted by atomic mass is 10.3. The lowest BCUT2D eigenvalue weighted by molar-refractivity contribution is 0.635. The number of aryl methyl sites for hydroxylation is 1. The Bertz CT molecular complexity index is 461. The molecule has 1 N–H and O–H groups in total. The van der Waals surface area contributed by atoms with Gasteiger partial charge in [-0.15, -0.1) is 22.7 Å². The Morgan fingerprint density at radius 1 is 1.25 bits per heavy atom. The van der Waals surface area contributed by atoms with Gasteiger partial charge in [-0.1, -0.05) is 0 Å². The highest BCUT2D eigenvalue weighted by molar-refractivity contribution is 7.11. The van der Waals surface area contributed by atoms with Crippen molar-refractivity contribution in [1.29, 1.82) is 0 Å². The first-order chi connectivity index (χ1) is 7.69. The highest BCUT2D eigenvalue weighted by atomic mass is 32.1. The van der Waals surface area contributed by atoms with Crippen molar-refractivity contribution in [3.63, 3.8) is 0 Å². The van der Waals surface area contributed by atoms with E-state index in [4.69, 9.17) is 0 Å². The Morgan fingerprint density at radius 2 is 1.94 bits per heavy atom. The van der Waals surface area contributed by atoms with Crippen LogP contribution in [0.3, 0.4) is 0 Å². The van der Waals surface area contributed by atoms with Crippen LogP contribution in [0.4, 0.5) is 0 Å². The normalized spacial score (nSPS) is 12.9. The topological polar surface area (TPSA) is 37.8 Å². The fourth-order valence-corrected chi connectivity index (χ4v) is 3.13. The molecule has 16 heavy (non-hydrogen) atoms. The summed E-state index contributed by atoms with van der Waals surface area (Å²) in [5.74, 6) is 0. The van der Waals surface area contributed by atoms with E-state index < -0.39 is 0 Å². The molecule has 0 fully saturated rings. The molecule has 2 aromatic rings. The van der Waals surface area contributed by atoms with Crippen LogP contribution in [0.25, 0.3) is 0 Å². The van der Waals surface area contributed by atoms with E-state index in [0.717, 1.165) is 27.8 Å². The van der Waals surface area contributed by atoms with E-state index in [9.17, 15) is 0 Å². The summed E-state index contributed by atoms with van der Waals surface area (Å²) >= 11 is 3.42. The van der Waals surface area contributed by atoms with Crippen molar-refractivity contribution < 1.29 is 0 Å². The van der Waals surface area contributed by atoms with Gasteiger partial charge in [0.25, 0.3) is 0 Å². The average Bonchev–Trinajstić information content (AvgIpc) is 2.87. The second-order valence-electron chi connectivity index (χ2n) is 3.74. The van der Waals surface area contributed by atoms with E-state index in [-0.39, 0.29) is 0 Å². The minimum atomic E-state index is 0.322. The van der Waals surface area contributed by atoms with Crippen LogP contribution in [-0.4, -0.2) is 17.0 Å². The number of aromatic nitrogens is 2. The summed E-state index contributed by atoms with van der Waals surface area (Å²) in [6.07, 6.45) is 0.861. The third-order valence-corrected chi connectivity index (χ3v) is 4.25. The van der Waals surface area contributed by atoms with E-state index in [0.29, 0.717) is 6.04 Å². The second kappa shape index (κ2) is 5.03. The van der Waals surface area contributed by atoms with E-state index in [2.05, 4.69) is 33.0 Å². The van der Waals surface area contributed by atoms with Crippen LogP contribution in [-0.2, 0) is 6.42 Å². The highest BCUT2D eigenvalue weighted by Crippen LogP contribution is 2.20. The number of hydrogen-bond donors (Lipinski definition) is 1. The van der Waals surface area contributed by atoms with Gasteiger partial charge in [-0.05, 0) is 20.9 Å². The molecule has 1 unspecified atom stereocenters. The summed E-state index contributed by atoms with van der Waals surface area (Å²) in [5, 5.41) is 9.69. The molecule has 2 heterocycles. The maximum Gasteiger partial charge on any atom is 0.0997 e. The molecule has 0 aromatic carbocycles. The summed E-state index contributed by atoms with van der Waals surface area (Å²) in [6, 6.07) is 0.322. The van der Waals surface area contributed by atoms with Gasteiger partial charge >= 0.3 is 0 Å². The summed E-state index contributed by atoms with van der Waals surface area (Å²) in [7, 11) is 1.95. The predicted octanol–water partition coefficient (Wildman–Crippen LogP) is 2.78. The van der Waals surface area contributed by atoms with E-state index in [1.165, 1.54) is 0 Å². The molecule has 0 saturated carbocycles. The monoisotopic (exact) mass is 253 g/mol. The second-order valence-corrected chi connectivity index (χ2v) is 5.62. The van der Waals surface area contributed by atoms with Crippen LogP contribution in [0.15, 0.2) is 10.8 Å². The Labute approximate surface area is 104 Å². The lowest BCUT2D eigenvalue weighted by Crippen LogP contribution is -2.12. The molecule has 0 aliphatic heterocycles. The number of hydrogen-bond acceptors (Lipinski definition) is 5. The molecule has 0 spiro atoms. The van der Waals surface area contributed by atoms with Crippen LogP contribution in [0.1, 0.15) is 34.4 Å². The van der Waals surface area contributed by atoms with Crippen molar-refractivity contribution in [2.45, 2.75) is 26.3 Å². The summed E-state index contributed by atoms with van der Waals surface area (Å²) in [5.41, 5.74) is 2.22. The van der Waals surface area contributed by atoms with Crippen LogP contribution < -0.4 is 5.32 Å². The van der Waals surface area contributed by atoms with Crippen molar-refractivity contribution >= 4 is 22.7 Å². The molecule has 0 amide bonds. The van der Waals surface area contributed by atoms with Crippen LogP contribution in [0.5, 0.6) is 0 Å². The maximum atomic E-state index is 4.61. The van der Waals surface area contributed by atoms with Crippen molar-refractivity contribution in [2.75, 3.05) is 7.05 Å². The van der Waals surface area contributed by atoms with Gasteiger partial charge in [-0.25, -0.2) is 9.97 Å². The highest BCUT2D eigenvalue weighted by Gasteiger charge is 2.09. The Kier molecular flexibility index (Phi) is 3.68. The first kappa shape index (κ1) is 11.7. The van der Waals surface area contributed by atoms with Crippen molar-refractivity contribution in [3.05, 3.63) is 32.2 Å². The molecule has 2 rings (SSSR count). The minimum absolute atomic E-state index is 0.322. The van der Waals surface area contributed by atoms with Crippen LogP contribution in [0, 0.1) is 6.92 Å². The first-order valence-corrected chi connectivity index (χ1v) is 6.97. The summed E-state index contributed by atoms with van der Waals surface area (Å²) in [4.78, 5) is 9.06. The van der Waals surface area contributed by atoms with Crippen molar-refractivity contribution in [1.82, 2.24) is 15.3 Å². The number of nitrogens with zero attached hydrogens (tertiary/aromatic N) is 2. The first-order valence-electron chi connectivity index (χ1n) is 5.21. The van der Waals surface area contributed by atoms with E-state index in [1.54, 1.807) is 22.7 Å².